The molecule has 0 bridgehead atoms. The second kappa shape index (κ2) is 8.55. The number of nitrogens with zero attached hydrogens (tertiary/aromatic N) is 2. The molecule has 0 spiro atoms. The lowest BCUT2D eigenvalue weighted by Gasteiger charge is -2.15. The van der Waals surface area contributed by atoms with Gasteiger partial charge in [0.05, 0.1) is 21.3 Å². The predicted octanol–water partition coefficient (Wildman–Crippen LogP) is 3.01. The molecule has 1 aromatic heterocycles. The van der Waals surface area contributed by atoms with Crippen LogP contribution in [0.1, 0.15) is 17.0 Å². The first-order valence-corrected chi connectivity index (χ1v) is 8.60. The third kappa shape index (κ3) is 4.03. The van der Waals surface area contributed by atoms with Crippen molar-refractivity contribution in [2.45, 2.75) is 19.4 Å². The van der Waals surface area contributed by atoms with Crippen molar-refractivity contribution in [2.75, 3.05) is 21.3 Å². The van der Waals surface area contributed by atoms with Gasteiger partial charge in [0.15, 0.2) is 11.5 Å². The Labute approximate surface area is 158 Å². The van der Waals surface area contributed by atoms with E-state index in [0.717, 1.165) is 16.7 Å². The van der Waals surface area contributed by atoms with Gasteiger partial charge in [-0.1, -0.05) is 35.5 Å². The van der Waals surface area contributed by atoms with Crippen LogP contribution in [0.2, 0.25) is 0 Å². The lowest BCUT2D eigenvalue weighted by atomic mass is 10.1. The SMILES string of the molecule is COc1ccc(CCc2nc(-c3ccc(CN)cc3)no2)c(OC)c1OC. The van der Waals surface area contributed by atoms with Crippen molar-refractivity contribution in [1.82, 2.24) is 10.1 Å². The van der Waals surface area contributed by atoms with E-state index in [2.05, 4.69) is 10.1 Å². The van der Waals surface area contributed by atoms with Gasteiger partial charge in [-0.15, -0.1) is 0 Å². The Morgan fingerprint density at radius 3 is 2.26 bits per heavy atom. The van der Waals surface area contributed by atoms with Crippen LogP contribution in [-0.2, 0) is 19.4 Å². The maximum Gasteiger partial charge on any atom is 0.227 e. The topological polar surface area (TPSA) is 92.6 Å². The first-order valence-electron chi connectivity index (χ1n) is 8.60. The highest BCUT2D eigenvalue weighted by atomic mass is 16.5. The Hall–Kier alpha value is -3.06. The summed E-state index contributed by atoms with van der Waals surface area (Å²) in [5.41, 5.74) is 8.55. The lowest BCUT2D eigenvalue weighted by molar-refractivity contribution is 0.321. The van der Waals surface area contributed by atoms with Gasteiger partial charge >= 0.3 is 0 Å². The summed E-state index contributed by atoms with van der Waals surface area (Å²) in [6.07, 6.45) is 1.25. The van der Waals surface area contributed by atoms with E-state index in [1.807, 2.05) is 36.4 Å². The molecule has 7 nitrogen and oxygen atoms in total. The van der Waals surface area contributed by atoms with Crippen LogP contribution < -0.4 is 19.9 Å². The lowest BCUT2D eigenvalue weighted by Crippen LogP contribution is -2.00. The number of rotatable bonds is 8. The summed E-state index contributed by atoms with van der Waals surface area (Å²) < 4.78 is 21.6. The molecule has 3 aromatic rings. The molecule has 142 valence electrons. The summed E-state index contributed by atoms with van der Waals surface area (Å²) in [5.74, 6) is 2.97. The van der Waals surface area contributed by atoms with Crippen molar-refractivity contribution in [2.24, 2.45) is 5.73 Å². The number of methoxy groups -OCH3 is 3. The van der Waals surface area contributed by atoms with E-state index >= 15 is 0 Å². The molecule has 0 fully saturated rings. The Kier molecular flexibility index (Phi) is 5.93. The fourth-order valence-electron chi connectivity index (χ4n) is 2.87. The van der Waals surface area contributed by atoms with Crippen LogP contribution in [0.3, 0.4) is 0 Å². The molecule has 2 N–H and O–H groups in total. The van der Waals surface area contributed by atoms with Crippen molar-refractivity contribution in [3.05, 3.63) is 53.4 Å². The van der Waals surface area contributed by atoms with Crippen molar-refractivity contribution in [3.63, 3.8) is 0 Å². The number of ether oxygens (including phenoxy) is 3. The molecule has 0 radical (unpaired) electrons. The predicted molar refractivity (Wildman–Crippen MR) is 101 cm³/mol. The second-order valence-corrected chi connectivity index (χ2v) is 5.91. The number of aryl methyl sites for hydroxylation is 2. The Morgan fingerprint density at radius 1 is 0.889 bits per heavy atom. The zero-order chi connectivity index (χ0) is 19.2. The quantitative estimate of drug-likeness (QED) is 0.652. The van der Waals surface area contributed by atoms with E-state index in [0.29, 0.717) is 48.4 Å². The highest BCUT2D eigenvalue weighted by molar-refractivity contribution is 5.56. The van der Waals surface area contributed by atoms with Gasteiger partial charge in [-0.2, -0.15) is 4.98 Å². The van der Waals surface area contributed by atoms with Crippen molar-refractivity contribution < 1.29 is 18.7 Å². The number of aromatic nitrogens is 2. The molecular formula is C20H23N3O4. The molecule has 0 saturated heterocycles. The summed E-state index contributed by atoms with van der Waals surface area (Å²) >= 11 is 0. The molecule has 1 heterocycles. The maximum atomic E-state index is 5.62. The van der Waals surface area contributed by atoms with Gasteiger partial charge in [0.1, 0.15) is 0 Å². The fraction of sp³-hybridized carbons (Fsp3) is 0.300. The molecule has 27 heavy (non-hydrogen) atoms. The first kappa shape index (κ1) is 18.7. The Morgan fingerprint density at radius 2 is 1.63 bits per heavy atom. The van der Waals surface area contributed by atoms with Crippen LogP contribution in [0.4, 0.5) is 0 Å². The van der Waals surface area contributed by atoms with Gasteiger partial charge < -0.3 is 24.5 Å². The molecule has 2 aromatic carbocycles. The summed E-state index contributed by atoms with van der Waals surface area (Å²) in [5, 5.41) is 4.06. The van der Waals surface area contributed by atoms with Gasteiger partial charge in [0, 0.05) is 18.5 Å². The van der Waals surface area contributed by atoms with Crippen molar-refractivity contribution in [1.29, 1.82) is 0 Å². The molecule has 0 aliphatic carbocycles. The molecule has 0 unspecified atom stereocenters. The summed E-state index contributed by atoms with van der Waals surface area (Å²) in [4.78, 5) is 4.48. The number of nitrogens with two attached hydrogens (primary N) is 1. The molecule has 0 saturated carbocycles. The number of hydrogen-bond acceptors (Lipinski definition) is 7. The Balaban J connectivity index is 1.75. The van der Waals surface area contributed by atoms with Crippen molar-refractivity contribution >= 4 is 0 Å². The standard InChI is InChI=1S/C20H23N3O4/c1-24-16-10-8-14(18(25-2)19(16)26-3)9-11-17-22-20(23-27-17)15-6-4-13(12-21)5-7-15/h4-8,10H,9,11-12,21H2,1-3H3. The van der Waals surface area contributed by atoms with Gasteiger partial charge in [-0.3, -0.25) is 0 Å². The zero-order valence-electron chi connectivity index (χ0n) is 15.7. The van der Waals surface area contributed by atoms with Gasteiger partial charge in [0.2, 0.25) is 17.5 Å². The molecule has 0 atom stereocenters. The van der Waals surface area contributed by atoms with E-state index in [4.69, 9.17) is 24.5 Å². The monoisotopic (exact) mass is 369 g/mol. The minimum absolute atomic E-state index is 0.505. The van der Waals surface area contributed by atoms with E-state index in [1.54, 1.807) is 21.3 Å². The molecule has 0 aliphatic heterocycles. The molecule has 3 rings (SSSR count). The van der Waals surface area contributed by atoms with E-state index < -0.39 is 0 Å². The highest BCUT2D eigenvalue weighted by Crippen LogP contribution is 2.40. The smallest absolute Gasteiger partial charge is 0.227 e. The maximum absolute atomic E-state index is 5.62. The minimum atomic E-state index is 0.505. The van der Waals surface area contributed by atoms with Crippen LogP contribution in [0, 0.1) is 0 Å². The summed E-state index contributed by atoms with van der Waals surface area (Å²) in [6.45, 7) is 0.505. The average Bonchev–Trinajstić information content (AvgIpc) is 3.20. The van der Waals surface area contributed by atoms with Crippen LogP contribution in [0.25, 0.3) is 11.4 Å². The zero-order valence-corrected chi connectivity index (χ0v) is 15.7. The molecule has 0 aliphatic rings. The fourth-order valence-corrected chi connectivity index (χ4v) is 2.87. The van der Waals surface area contributed by atoms with E-state index in [1.165, 1.54) is 0 Å². The third-order valence-electron chi connectivity index (χ3n) is 4.31. The second-order valence-electron chi connectivity index (χ2n) is 5.91. The van der Waals surface area contributed by atoms with Crippen LogP contribution in [-0.4, -0.2) is 31.5 Å². The van der Waals surface area contributed by atoms with Crippen molar-refractivity contribution in [3.8, 4) is 28.6 Å². The van der Waals surface area contributed by atoms with Crippen LogP contribution in [0.15, 0.2) is 40.9 Å². The van der Waals surface area contributed by atoms with Gasteiger partial charge in [-0.25, -0.2) is 0 Å². The number of hydrogen-bond donors (Lipinski definition) is 1. The Bertz CT molecular complexity index is 891. The van der Waals surface area contributed by atoms with E-state index in [9.17, 15) is 0 Å². The average molecular weight is 369 g/mol. The van der Waals surface area contributed by atoms with Gasteiger partial charge in [-0.05, 0) is 23.6 Å². The summed E-state index contributed by atoms with van der Waals surface area (Å²) in [6, 6.07) is 11.6. The van der Waals surface area contributed by atoms with Gasteiger partial charge in [0.25, 0.3) is 0 Å². The largest absolute Gasteiger partial charge is 0.493 e. The highest BCUT2D eigenvalue weighted by Gasteiger charge is 2.17. The normalized spacial score (nSPS) is 10.7. The van der Waals surface area contributed by atoms with Crippen LogP contribution in [0.5, 0.6) is 17.2 Å². The number of benzene rings is 2. The summed E-state index contributed by atoms with van der Waals surface area (Å²) in [7, 11) is 4.79. The minimum Gasteiger partial charge on any atom is -0.493 e. The molecular weight excluding hydrogens is 346 g/mol. The molecule has 0 amide bonds. The third-order valence-corrected chi connectivity index (χ3v) is 4.31. The molecule has 7 heteroatoms. The van der Waals surface area contributed by atoms with Crippen LogP contribution >= 0.6 is 0 Å². The first-order chi connectivity index (χ1) is 13.2. The van der Waals surface area contributed by atoms with E-state index in [-0.39, 0.29) is 0 Å².